The van der Waals surface area contributed by atoms with Gasteiger partial charge in [0.25, 0.3) is 11.5 Å². The number of aromatic nitrogens is 4. The lowest BCUT2D eigenvalue weighted by atomic mass is 10.1. The molecule has 1 amide bonds. The normalized spacial score (nSPS) is 10.6. The molecule has 0 atom stereocenters. The molecule has 0 saturated heterocycles. The molecule has 0 unspecified atom stereocenters. The Morgan fingerprint density at radius 3 is 2.46 bits per heavy atom. The highest BCUT2D eigenvalue weighted by Gasteiger charge is 2.16. The maximum absolute atomic E-state index is 12.9. The van der Waals surface area contributed by atoms with E-state index < -0.39 is 5.91 Å². The van der Waals surface area contributed by atoms with Crippen molar-refractivity contribution in [3.63, 3.8) is 0 Å². The van der Waals surface area contributed by atoms with Gasteiger partial charge in [-0.25, -0.2) is 4.98 Å². The average molecular weight is 378 g/mol. The fourth-order valence-electron chi connectivity index (χ4n) is 2.66. The second kappa shape index (κ2) is 7.99. The van der Waals surface area contributed by atoms with Gasteiger partial charge in [0.1, 0.15) is 11.4 Å². The third-order valence-corrected chi connectivity index (χ3v) is 4.23. The first-order chi connectivity index (χ1) is 13.3. The number of hydrogen-bond acceptors (Lipinski definition) is 6. The molecule has 144 valence electrons. The second-order valence-electron chi connectivity index (χ2n) is 6.71. The van der Waals surface area contributed by atoms with Crippen molar-refractivity contribution in [3.8, 4) is 0 Å². The molecule has 0 aliphatic heterocycles. The van der Waals surface area contributed by atoms with Crippen molar-refractivity contribution < 1.29 is 4.79 Å². The Kier molecular flexibility index (Phi) is 5.49. The van der Waals surface area contributed by atoms with Gasteiger partial charge in [0.15, 0.2) is 0 Å². The van der Waals surface area contributed by atoms with Crippen LogP contribution in [-0.4, -0.2) is 39.5 Å². The van der Waals surface area contributed by atoms with E-state index in [4.69, 9.17) is 0 Å². The Morgan fingerprint density at radius 2 is 1.86 bits per heavy atom. The minimum absolute atomic E-state index is 0.0965. The summed E-state index contributed by atoms with van der Waals surface area (Å²) in [6.45, 7) is 3.82. The molecule has 0 bridgehead atoms. The maximum atomic E-state index is 12.9. The van der Waals surface area contributed by atoms with Crippen molar-refractivity contribution >= 4 is 17.4 Å². The summed E-state index contributed by atoms with van der Waals surface area (Å²) in [4.78, 5) is 40.2. The molecule has 1 N–H and O–H groups in total. The number of aryl methyl sites for hydroxylation is 2. The smallest absolute Gasteiger partial charge is 0.264 e. The van der Waals surface area contributed by atoms with Crippen LogP contribution in [0, 0.1) is 13.8 Å². The fourth-order valence-corrected chi connectivity index (χ4v) is 2.66. The van der Waals surface area contributed by atoms with Gasteiger partial charge in [-0.05, 0) is 37.6 Å². The van der Waals surface area contributed by atoms with Crippen molar-refractivity contribution in [2.45, 2.75) is 20.4 Å². The SMILES string of the molecule is Cc1cnc(Cn2ccc(C)c(C(=O)Nc3ccc(N(C)C)nc3)c2=O)cn1. The molecule has 0 aliphatic rings. The van der Waals surface area contributed by atoms with Gasteiger partial charge < -0.3 is 14.8 Å². The summed E-state index contributed by atoms with van der Waals surface area (Å²) in [7, 11) is 3.77. The Balaban J connectivity index is 1.85. The van der Waals surface area contributed by atoms with Crippen LogP contribution < -0.4 is 15.8 Å². The quantitative estimate of drug-likeness (QED) is 0.730. The topological polar surface area (TPSA) is 93.0 Å². The van der Waals surface area contributed by atoms with E-state index in [1.165, 1.54) is 4.57 Å². The summed E-state index contributed by atoms with van der Waals surface area (Å²) < 4.78 is 1.45. The fraction of sp³-hybridized carbons (Fsp3) is 0.250. The number of hydrogen-bond donors (Lipinski definition) is 1. The minimum Gasteiger partial charge on any atom is -0.363 e. The summed E-state index contributed by atoms with van der Waals surface area (Å²) >= 11 is 0. The molecule has 3 aromatic rings. The van der Waals surface area contributed by atoms with E-state index >= 15 is 0 Å². The van der Waals surface area contributed by atoms with E-state index in [1.54, 1.807) is 49.9 Å². The van der Waals surface area contributed by atoms with Crippen LogP contribution in [0.25, 0.3) is 0 Å². The second-order valence-corrected chi connectivity index (χ2v) is 6.71. The van der Waals surface area contributed by atoms with Crippen molar-refractivity contribution in [1.82, 2.24) is 19.5 Å². The van der Waals surface area contributed by atoms with E-state index in [-0.39, 0.29) is 17.7 Å². The number of carbonyl (C=O) groups excluding carboxylic acids is 1. The standard InChI is InChI=1S/C20H22N6O2/c1-13-7-8-26(12-16-11-21-14(2)9-22-16)20(28)18(13)19(27)24-15-5-6-17(23-10-15)25(3)4/h5-11H,12H2,1-4H3,(H,24,27). The van der Waals surface area contributed by atoms with E-state index in [0.29, 0.717) is 16.9 Å². The number of pyridine rings is 2. The molecule has 0 spiro atoms. The van der Waals surface area contributed by atoms with Crippen molar-refractivity contribution in [2.75, 3.05) is 24.3 Å². The van der Waals surface area contributed by atoms with Crippen LogP contribution in [0.1, 0.15) is 27.3 Å². The van der Waals surface area contributed by atoms with E-state index in [0.717, 1.165) is 11.5 Å². The Hall–Kier alpha value is -3.55. The molecule has 28 heavy (non-hydrogen) atoms. The van der Waals surface area contributed by atoms with Gasteiger partial charge in [-0.3, -0.25) is 19.6 Å². The highest BCUT2D eigenvalue weighted by Crippen LogP contribution is 2.13. The summed E-state index contributed by atoms with van der Waals surface area (Å²) in [6.07, 6.45) is 6.49. The van der Waals surface area contributed by atoms with Crippen LogP contribution in [0.3, 0.4) is 0 Å². The Morgan fingerprint density at radius 1 is 1.07 bits per heavy atom. The van der Waals surface area contributed by atoms with Gasteiger partial charge in [0.05, 0.1) is 36.0 Å². The number of carbonyl (C=O) groups is 1. The Labute approximate surface area is 162 Å². The molecule has 3 heterocycles. The highest BCUT2D eigenvalue weighted by atomic mass is 16.2. The average Bonchev–Trinajstić information content (AvgIpc) is 2.66. The summed E-state index contributed by atoms with van der Waals surface area (Å²) in [6, 6.07) is 5.28. The van der Waals surface area contributed by atoms with E-state index in [1.807, 2.05) is 25.9 Å². The van der Waals surface area contributed by atoms with Crippen molar-refractivity contribution in [1.29, 1.82) is 0 Å². The first-order valence-corrected chi connectivity index (χ1v) is 8.77. The van der Waals surface area contributed by atoms with Crippen LogP contribution in [-0.2, 0) is 6.54 Å². The lowest BCUT2D eigenvalue weighted by Gasteiger charge is -2.13. The van der Waals surface area contributed by atoms with Crippen LogP contribution in [0.5, 0.6) is 0 Å². The van der Waals surface area contributed by atoms with Gasteiger partial charge in [-0.2, -0.15) is 0 Å². The zero-order valence-electron chi connectivity index (χ0n) is 16.3. The minimum atomic E-state index is -0.466. The van der Waals surface area contributed by atoms with Crippen LogP contribution in [0.2, 0.25) is 0 Å². The molecule has 8 heteroatoms. The third kappa shape index (κ3) is 4.22. The molecule has 0 radical (unpaired) electrons. The van der Waals surface area contributed by atoms with E-state index in [9.17, 15) is 9.59 Å². The number of nitrogens with one attached hydrogen (secondary N) is 1. The van der Waals surface area contributed by atoms with Gasteiger partial charge >= 0.3 is 0 Å². The van der Waals surface area contributed by atoms with Gasteiger partial charge in [-0.1, -0.05) is 0 Å². The first-order valence-electron chi connectivity index (χ1n) is 8.77. The molecule has 3 rings (SSSR count). The van der Waals surface area contributed by atoms with Crippen LogP contribution in [0.15, 0.2) is 47.8 Å². The molecular weight excluding hydrogens is 356 g/mol. The molecule has 0 saturated carbocycles. The molecular formula is C20H22N6O2. The third-order valence-electron chi connectivity index (χ3n) is 4.23. The molecule has 3 aromatic heterocycles. The van der Waals surface area contributed by atoms with Crippen molar-refractivity contribution in [2.24, 2.45) is 0 Å². The van der Waals surface area contributed by atoms with Crippen LogP contribution >= 0.6 is 0 Å². The molecule has 0 fully saturated rings. The predicted octanol–water partition coefficient (Wildman–Crippen LogP) is 2.02. The zero-order chi connectivity index (χ0) is 20.3. The van der Waals surface area contributed by atoms with Gasteiger partial charge in [0, 0.05) is 26.5 Å². The highest BCUT2D eigenvalue weighted by molar-refractivity contribution is 6.04. The monoisotopic (exact) mass is 378 g/mol. The maximum Gasteiger partial charge on any atom is 0.264 e. The van der Waals surface area contributed by atoms with E-state index in [2.05, 4.69) is 20.3 Å². The molecule has 0 aromatic carbocycles. The largest absolute Gasteiger partial charge is 0.363 e. The lowest BCUT2D eigenvalue weighted by molar-refractivity contribution is 0.102. The number of rotatable bonds is 5. The number of amides is 1. The van der Waals surface area contributed by atoms with Crippen LogP contribution in [0.4, 0.5) is 11.5 Å². The summed E-state index contributed by atoms with van der Waals surface area (Å²) in [5.41, 5.74) is 2.29. The molecule has 0 aliphatic carbocycles. The summed E-state index contributed by atoms with van der Waals surface area (Å²) in [5.74, 6) is 0.307. The lowest BCUT2D eigenvalue weighted by Crippen LogP contribution is -2.30. The Bertz CT molecular complexity index is 1040. The first kappa shape index (κ1) is 19.2. The van der Waals surface area contributed by atoms with Crippen molar-refractivity contribution in [3.05, 3.63) is 75.9 Å². The van der Waals surface area contributed by atoms with Gasteiger partial charge in [-0.15, -0.1) is 0 Å². The summed E-state index contributed by atoms with van der Waals surface area (Å²) in [5, 5.41) is 2.74. The zero-order valence-corrected chi connectivity index (χ0v) is 16.3. The number of nitrogens with zero attached hydrogens (tertiary/aromatic N) is 5. The predicted molar refractivity (Wildman–Crippen MR) is 108 cm³/mol. The van der Waals surface area contributed by atoms with Gasteiger partial charge in [0.2, 0.25) is 0 Å². The molecule has 8 nitrogen and oxygen atoms in total. The number of anilines is 2.